The lowest BCUT2D eigenvalue weighted by atomic mass is 9.93. The van der Waals surface area contributed by atoms with E-state index in [0.29, 0.717) is 0 Å². The molecule has 0 heteroatoms. The van der Waals surface area contributed by atoms with Crippen LogP contribution in [-0.2, 0) is 0 Å². The highest BCUT2D eigenvalue weighted by Gasteiger charge is 2.08. The normalized spacial score (nSPS) is 11.1. The first kappa shape index (κ1) is 12.2. The number of hydrogen-bond acceptors (Lipinski definition) is 0. The van der Waals surface area contributed by atoms with Crippen molar-refractivity contribution in [3.8, 4) is 11.1 Å². The highest BCUT2D eigenvalue weighted by atomic mass is 14.1. The molecule has 21 heavy (non-hydrogen) atoms. The smallest absolute Gasteiger partial charge is 0.00113 e. The zero-order valence-electron chi connectivity index (χ0n) is 11.9. The van der Waals surface area contributed by atoms with E-state index in [2.05, 4.69) is 85.8 Å². The Hall–Kier alpha value is -2.60. The summed E-state index contributed by atoms with van der Waals surface area (Å²) in [4.78, 5) is 0. The van der Waals surface area contributed by atoms with Crippen LogP contribution in [0, 0.1) is 13.0 Å². The molecule has 0 heterocycles. The van der Waals surface area contributed by atoms with Gasteiger partial charge >= 0.3 is 0 Å². The van der Waals surface area contributed by atoms with Gasteiger partial charge < -0.3 is 0 Å². The Kier molecular flexibility index (Phi) is 2.75. The summed E-state index contributed by atoms with van der Waals surface area (Å²) in [6.45, 7) is 2.17. The highest BCUT2D eigenvalue weighted by Crippen LogP contribution is 2.32. The fourth-order valence-corrected chi connectivity index (χ4v) is 3.00. The van der Waals surface area contributed by atoms with Gasteiger partial charge in [0.25, 0.3) is 0 Å². The maximum atomic E-state index is 3.60. The third kappa shape index (κ3) is 2.00. The van der Waals surface area contributed by atoms with Crippen LogP contribution < -0.4 is 0 Å². The van der Waals surface area contributed by atoms with Gasteiger partial charge in [0, 0.05) is 0 Å². The molecule has 4 aromatic rings. The molecule has 0 nitrogen and oxygen atoms in total. The summed E-state index contributed by atoms with van der Waals surface area (Å²) in [6.07, 6.45) is 0. The molecule has 0 saturated heterocycles. The van der Waals surface area contributed by atoms with Gasteiger partial charge in [-0.25, -0.2) is 0 Å². The van der Waals surface area contributed by atoms with Gasteiger partial charge in [0.15, 0.2) is 0 Å². The largest absolute Gasteiger partial charge is 0.0616 e. The zero-order chi connectivity index (χ0) is 14.2. The van der Waals surface area contributed by atoms with E-state index in [1.165, 1.54) is 38.2 Å². The second-order valence-corrected chi connectivity index (χ2v) is 5.44. The molecule has 0 aliphatic carbocycles. The highest BCUT2D eigenvalue weighted by molar-refractivity contribution is 5.99. The van der Waals surface area contributed by atoms with Crippen LogP contribution in [0.2, 0.25) is 0 Å². The second kappa shape index (κ2) is 4.75. The average Bonchev–Trinajstić information content (AvgIpc) is 2.54. The van der Waals surface area contributed by atoms with Crippen LogP contribution in [0.1, 0.15) is 5.56 Å². The lowest BCUT2D eigenvalue weighted by Gasteiger charge is -2.11. The van der Waals surface area contributed by atoms with Crippen LogP contribution in [0.3, 0.4) is 0 Å². The van der Waals surface area contributed by atoms with Crippen molar-refractivity contribution in [2.75, 3.05) is 0 Å². The van der Waals surface area contributed by atoms with E-state index in [4.69, 9.17) is 0 Å². The molecule has 4 aromatic carbocycles. The van der Waals surface area contributed by atoms with Crippen molar-refractivity contribution < 1.29 is 0 Å². The SMILES string of the molecule is Cc1cc2ccccc2[c]c1-c1cccc2ccccc12. The molecule has 0 spiro atoms. The first-order valence-corrected chi connectivity index (χ1v) is 7.23. The quantitative estimate of drug-likeness (QED) is 0.411. The fraction of sp³-hybridized carbons (Fsp3) is 0.0476. The molecular formula is C21H15. The van der Waals surface area contributed by atoms with Gasteiger partial charge in [0.2, 0.25) is 0 Å². The lowest BCUT2D eigenvalue weighted by Crippen LogP contribution is -1.87. The first-order chi connectivity index (χ1) is 10.3. The van der Waals surface area contributed by atoms with Crippen molar-refractivity contribution in [1.82, 2.24) is 0 Å². The molecule has 0 aliphatic rings. The molecule has 99 valence electrons. The van der Waals surface area contributed by atoms with Gasteiger partial charge in [-0.15, -0.1) is 0 Å². The second-order valence-electron chi connectivity index (χ2n) is 5.44. The molecule has 0 aromatic heterocycles. The number of fused-ring (bicyclic) bond motifs is 2. The molecular weight excluding hydrogens is 252 g/mol. The molecule has 0 aliphatic heterocycles. The monoisotopic (exact) mass is 267 g/mol. The summed E-state index contributed by atoms with van der Waals surface area (Å²) in [7, 11) is 0. The summed E-state index contributed by atoms with van der Waals surface area (Å²) in [5.41, 5.74) is 3.73. The van der Waals surface area contributed by atoms with E-state index < -0.39 is 0 Å². The third-order valence-corrected chi connectivity index (χ3v) is 4.05. The molecule has 0 unspecified atom stereocenters. The topological polar surface area (TPSA) is 0 Å². The summed E-state index contributed by atoms with van der Waals surface area (Å²) >= 11 is 0. The van der Waals surface area contributed by atoms with Crippen LogP contribution in [-0.4, -0.2) is 0 Å². The van der Waals surface area contributed by atoms with Crippen LogP contribution in [0.25, 0.3) is 32.7 Å². The Morgan fingerprint density at radius 2 is 1.43 bits per heavy atom. The van der Waals surface area contributed by atoms with Gasteiger partial charge in [0.05, 0.1) is 0 Å². The van der Waals surface area contributed by atoms with Crippen LogP contribution in [0.5, 0.6) is 0 Å². The van der Waals surface area contributed by atoms with Crippen molar-refractivity contribution in [2.45, 2.75) is 6.92 Å². The minimum absolute atomic E-state index is 1.17. The third-order valence-electron chi connectivity index (χ3n) is 4.05. The first-order valence-electron chi connectivity index (χ1n) is 7.23. The average molecular weight is 267 g/mol. The Bertz CT molecular complexity index is 943. The fourth-order valence-electron chi connectivity index (χ4n) is 3.00. The maximum Gasteiger partial charge on any atom is -0.00113 e. The van der Waals surface area contributed by atoms with Gasteiger partial charge in [-0.05, 0) is 51.2 Å². The van der Waals surface area contributed by atoms with Crippen LogP contribution in [0.4, 0.5) is 0 Å². The number of hydrogen-bond donors (Lipinski definition) is 0. The standard InChI is InChI=1S/C21H15/c1-15-13-17-8-2-3-9-18(17)14-21(15)20-12-6-10-16-7-4-5-11-19(16)20/h2-13H,1H3. The van der Waals surface area contributed by atoms with E-state index in [9.17, 15) is 0 Å². The van der Waals surface area contributed by atoms with Gasteiger partial charge in [-0.1, -0.05) is 72.8 Å². The molecule has 4 rings (SSSR count). The van der Waals surface area contributed by atoms with E-state index in [0.717, 1.165) is 0 Å². The molecule has 0 fully saturated rings. The Morgan fingerprint density at radius 3 is 2.33 bits per heavy atom. The minimum atomic E-state index is 1.17. The Balaban J connectivity index is 2.06. The van der Waals surface area contributed by atoms with Crippen molar-refractivity contribution in [1.29, 1.82) is 0 Å². The van der Waals surface area contributed by atoms with Crippen molar-refractivity contribution >= 4 is 21.5 Å². The van der Waals surface area contributed by atoms with Crippen molar-refractivity contribution in [3.63, 3.8) is 0 Å². The molecule has 0 N–H and O–H groups in total. The van der Waals surface area contributed by atoms with Crippen molar-refractivity contribution in [3.05, 3.63) is 84.4 Å². The lowest BCUT2D eigenvalue weighted by molar-refractivity contribution is 1.49. The number of aryl methyl sites for hydroxylation is 1. The predicted molar refractivity (Wildman–Crippen MR) is 90.5 cm³/mol. The Labute approximate surface area is 124 Å². The van der Waals surface area contributed by atoms with Crippen LogP contribution in [0.15, 0.2) is 72.8 Å². The van der Waals surface area contributed by atoms with Crippen molar-refractivity contribution in [2.24, 2.45) is 0 Å². The van der Waals surface area contributed by atoms with E-state index in [1.54, 1.807) is 0 Å². The summed E-state index contributed by atoms with van der Waals surface area (Å²) in [5, 5.41) is 4.98. The summed E-state index contributed by atoms with van der Waals surface area (Å²) in [6, 6.07) is 29.3. The summed E-state index contributed by atoms with van der Waals surface area (Å²) < 4.78 is 0. The zero-order valence-corrected chi connectivity index (χ0v) is 11.9. The van der Waals surface area contributed by atoms with E-state index in [1.807, 2.05) is 0 Å². The maximum absolute atomic E-state index is 3.60. The Morgan fingerprint density at radius 1 is 0.714 bits per heavy atom. The van der Waals surface area contributed by atoms with E-state index >= 15 is 0 Å². The molecule has 0 bridgehead atoms. The molecule has 0 amide bonds. The van der Waals surface area contributed by atoms with Gasteiger partial charge in [-0.3, -0.25) is 0 Å². The van der Waals surface area contributed by atoms with E-state index in [-0.39, 0.29) is 0 Å². The van der Waals surface area contributed by atoms with Crippen LogP contribution >= 0.6 is 0 Å². The van der Waals surface area contributed by atoms with Gasteiger partial charge in [-0.2, -0.15) is 0 Å². The molecule has 0 saturated carbocycles. The molecule has 1 radical (unpaired) electrons. The van der Waals surface area contributed by atoms with Gasteiger partial charge in [0.1, 0.15) is 0 Å². The number of benzene rings is 4. The number of rotatable bonds is 1. The molecule has 0 atom stereocenters. The minimum Gasteiger partial charge on any atom is -0.0616 e. The summed E-state index contributed by atoms with van der Waals surface area (Å²) in [5.74, 6) is 0. The predicted octanol–water partition coefficient (Wildman–Crippen LogP) is 5.77.